The van der Waals surface area contributed by atoms with Crippen molar-refractivity contribution in [1.82, 2.24) is 0 Å². The summed E-state index contributed by atoms with van der Waals surface area (Å²) in [5.41, 5.74) is 0. The molecule has 9 nitrogen and oxygen atoms in total. The molecule has 332 valence electrons. The second-order valence-corrected chi connectivity index (χ2v) is 17.1. The van der Waals surface area contributed by atoms with Crippen LogP contribution in [0.1, 0.15) is 155 Å². The molecule has 0 amide bonds. The van der Waals surface area contributed by atoms with Crippen LogP contribution in [0.3, 0.4) is 0 Å². The van der Waals surface area contributed by atoms with Crippen LogP contribution in [0.4, 0.5) is 0 Å². The Morgan fingerprint density at radius 3 is 1.48 bits per heavy atom. The van der Waals surface area contributed by atoms with Crippen LogP contribution in [0.15, 0.2) is 85.1 Å². The summed E-state index contributed by atoms with van der Waals surface area (Å²) in [4.78, 5) is 37.5. The molecule has 10 heteroatoms. The summed E-state index contributed by atoms with van der Waals surface area (Å²) in [5, 5.41) is 0. The van der Waals surface area contributed by atoms with Crippen LogP contribution < -0.4 is 4.89 Å². The van der Waals surface area contributed by atoms with E-state index >= 15 is 0 Å². The number of carbonyl (C=O) groups excluding carboxylic acids is 2. The second kappa shape index (κ2) is 39.6. The van der Waals surface area contributed by atoms with E-state index in [0.29, 0.717) is 23.9 Å². The minimum absolute atomic E-state index is 0.0447. The summed E-state index contributed by atoms with van der Waals surface area (Å²) in [5.74, 6) is -0.897. The number of nitrogens with zero attached hydrogens (tertiary/aromatic N) is 1. The van der Waals surface area contributed by atoms with Crippen LogP contribution in [0.2, 0.25) is 0 Å². The summed E-state index contributed by atoms with van der Waals surface area (Å²) in [6, 6.07) is 0. The van der Waals surface area contributed by atoms with Crippen LogP contribution in [0.25, 0.3) is 0 Å². The first-order valence-corrected chi connectivity index (χ1v) is 23.8. The van der Waals surface area contributed by atoms with E-state index in [2.05, 4.69) is 98.9 Å². The van der Waals surface area contributed by atoms with Crippen LogP contribution in [-0.4, -0.2) is 70.0 Å². The van der Waals surface area contributed by atoms with Crippen molar-refractivity contribution in [2.45, 2.75) is 161 Å². The molecule has 0 aromatic rings. The van der Waals surface area contributed by atoms with Gasteiger partial charge < -0.3 is 27.9 Å². The fourth-order valence-electron chi connectivity index (χ4n) is 5.41. The van der Waals surface area contributed by atoms with Gasteiger partial charge in [0.1, 0.15) is 19.8 Å². The SMILES string of the molecule is CC/C=C\C/C=C\C/C=C\C/C=C\C/C=C\CCCCCC(=O)O[C@H](COC(=O)CCCCCCC/C=C\C/C=C\CCCCC)COP(=O)([O-])OCC[N+](C)(C)C. The van der Waals surface area contributed by atoms with Gasteiger partial charge >= 0.3 is 11.9 Å². The largest absolute Gasteiger partial charge is 0.756 e. The molecule has 0 aliphatic rings. The maximum absolute atomic E-state index is 12.7. The van der Waals surface area contributed by atoms with Crippen LogP contribution >= 0.6 is 7.82 Å². The van der Waals surface area contributed by atoms with Gasteiger partial charge in [-0.25, -0.2) is 0 Å². The molecule has 0 aromatic heterocycles. The maximum atomic E-state index is 12.7. The number of hydrogen-bond acceptors (Lipinski definition) is 8. The van der Waals surface area contributed by atoms with Crippen molar-refractivity contribution in [2.75, 3.05) is 47.5 Å². The normalized spacial score (nSPS) is 14.4. The number of ether oxygens (including phenoxy) is 2. The number of quaternary nitrogens is 1. The third-order valence-electron chi connectivity index (χ3n) is 8.90. The van der Waals surface area contributed by atoms with Gasteiger partial charge in [0.05, 0.1) is 27.7 Å². The molecule has 0 aromatic carbocycles. The highest BCUT2D eigenvalue weighted by atomic mass is 31.2. The smallest absolute Gasteiger partial charge is 0.306 e. The lowest BCUT2D eigenvalue weighted by Crippen LogP contribution is -2.37. The molecule has 0 fully saturated rings. The van der Waals surface area contributed by atoms with Crippen LogP contribution in [0.5, 0.6) is 0 Å². The zero-order valence-electron chi connectivity index (χ0n) is 37.2. The van der Waals surface area contributed by atoms with Gasteiger partial charge in [-0.15, -0.1) is 0 Å². The zero-order chi connectivity index (χ0) is 42.8. The molecule has 1 unspecified atom stereocenters. The molecule has 58 heavy (non-hydrogen) atoms. The van der Waals surface area contributed by atoms with E-state index in [0.717, 1.165) is 89.9 Å². The van der Waals surface area contributed by atoms with E-state index in [1.165, 1.54) is 25.7 Å². The fourth-order valence-corrected chi connectivity index (χ4v) is 6.14. The van der Waals surface area contributed by atoms with Gasteiger partial charge in [-0.2, -0.15) is 0 Å². The van der Waals surface area contributed by atoms with E-state index in [1.807, 2.05) is 21.1 Å². The van der Waals surface area contributed by atoms with Gasteiger partial charge in [-0.1, -0.05) is 137 Å². The summed E-state index contributed by atoms with van der Waals surface area (Å²) < 4.78 is 33.9. The van der Waals surface area contributed by atoms with E-state index in [1.54, 1.807) is 0 Å². The molecule has 2 atom stereocenters. The maximum Gasteiger partial charge on any atom is 0.306 e. The number of allylic oxidation sites excluding steroid dienone is 14. The Hall–Kier alpha value is -2.81. The molecule has 0 heterocycles. The lowest BCUT2D eigenvalue weighted by molar-refractivity contribution is -0.870. The predicted molar refractivity (Wildman–Crippen MR) is 240 cm³/mol. The van der Waals surface area contributed by atoms with E-state index in [4.69, 9.17) is 18.5 Å². The van der Waals surface area contributed by atoms with E-state index in [9.17, 15) is 19.0 Å². The Morgan fingerprint density at radius 1 is 0.552 bits per heavy atom. The summed E-state index contributed by atoms with van der Waals surface area (Å²) in [6.07, 6.45) is 50.3. The van der Waals surface area contributed by atoms with Crippen molar-refractivity contribution in [2.24, 2.45) is 0 Å². The summed E-state index contributed by atoms with van der Waals surface area (Å²) in [6.45, 7) is 4.01. The zero-order valence-corrected chi connectivity index (χ0v) is 38.1. The van der Waals surface area contributed by atoms with Gasteiger partial charge in [0, 0.05) is 12.8 Å². The predicted octanol–water partition coefficient (Wildman–Crippen LogP) is 12.2. The Morgan fingerprint density at radius 2 is 0.983 bits per heavy atom. The molecule has 0 N–H and O–H groups in total. The van der Waals surface area contributed by atoms with E-state index < -0.39 is 32.5 Å². The van der Waals surface area contributed by atoms with Crippen LogP contribution in [0, 0.1) is 0 Å². The highest BCUT2D eigenvalue weighted by Crippen LogP contribution is 2.38. The average Bonchev–Trinajstić information content (AvgIpc) is 3.17. The first-order chi connectivity index (χ1) is 28.0. The Labute approximate surface area is 354 Å². The molecule has 0 spiro atoms. The molecule has 0 aliphatic carbocycles. The molecular formula is C48H82NO8P. The third kappa shape index (κ3) is 42.8. The Balaban J connectivity index is 4.47. The third-order valence-corrected chi connectivity index (χ3v) is 9.86. The van der Waals surface area contributed by atoms with Crippen molar-refractivity contribution < 1.29 is 42.1 Å². The van der Waals surface area contributed by atoms with Crippen molar-refractivity contribution >= 4 is 19.8 Å². The molecule has 0 saturated carbocycles. The first kappa shape index (κ1) is 55.2. The quantitative estimate of drug-likeness (QED) is 0.0198. The average molecular weight is 832 g/mol. The van der Waals surface area contributed by atoms with Gasteiger partial charge in [-0.3, -0.25) is 14.2 Å². The van der Waals surface area contributed by atoms with Gasteiger partial charge in [0.2, 0.25) is 0 Å². The number of likely N-dealkylation sites (N-methyl/N-ethyl adjacent to an activating group) is 1. The molecule has 0 radical (unpaired) electrons. The minimum atomic E-state index is -4.64. The highest BCUT2D eigenvalue weighted by molar-refractivity contribution is 7.45. The van der Waals surface area contributed by atoms with Crippen molar-refractivity contribution in [1.29, 1.82) is 0 Å². The number of esters is 2. The van der Waals surface area contributed by atoms with E-state index in [-0.39, 0.29) is 26.1 Å². The second-order valence-electron chi connectivity index (χ2n) is 15.7. The number of phosphoric acid groups is 1. The molecule has 0 saturated heterocycles. The Kier molecular flexibility index (Phi) is 37.7. The highest BCUT2D eigenvalue weighted by Gasteiger charge is 2.21. The monoisotopic (exact) mass is 832 g/mol. The topological polar surface area (TPSA) is 111 Å². The molecule has 0 aliphatic heterocycles. The van der Waals surface area contributed by atoms with Crippen molar-refractivity contribution in [3.8, 4) is 0 Å². The van der Waals surface area contributed by atoms with Gasteiger partial charge in [0.15, 0.2) is 6.10 Å². The molecular weight excluding hydrogens is 750 g/mol. The molecule has 0 bridgehead atoms. The Bertz CT molecular complexity index is 1260. The standard InChI is InChI=1S/C48H82NO8P/c1-6-8-10-12-14-16-18-20-22-23-24-25-27-29-31-33-35-37-39-41-48(51)57-46(45-56-58(52,53)55-43-42-49(3,4)5)44-54-47(50)40-38-36-34-32-30-28-26-21-19-17-15-13-11-9-7-2/h8,10,14-17,20-22,24-26,29,31,46H,6-7,9,11-13,18-19,23,27-28,30,32-45H2,1-5H3/b10-8-,16-14-,17-15-,22-20-,25-24-,26-21-,31-29-/t46-/m1/s1. The first-order valence-electron chi connectivity index (χ1n) is 22.3. The molecule has 0 rings (SSSR count). The number of rotatable bonds is 39. The summed E-state index contributed by atoms with van der Waals surface area (Å²) >= 11 is 0. The van der Waals surface area contributed by atoms with Crippen molar-refractivity contribution in [3.05, 3.63) is 85.1 Å². The number of phosphoric ester groups is 1. The van der Waals surface area contributed by atoms with Crippen LogP contribution in [-0.2, 0) is 32.7 Å². The number of hydrogen-bond donors (Lipinski definition) is 0. The minimum Gasteiger partial charge on any atom is -0.756 e. The number of carbonyl (C=O) groups is 2. The fraction of sp³-hybridized carbons (Fsp3) is 0.667. The number of unbranched alkanes of at least 4 members (excludes halogenated alkanes) is 11. The van der Waals surface area contributed by atoms with Gasteiger partial charge in [0.25, 0.3) is 7.82 Å². The lowest BCUT2D eigenvalue weighted by Gasteiger charge is -2.28. The summed E-state index contributed by atoms with van der Waals surface area (Å²) in [7, 11) is 1.12. The van der Waals surface area contributed by atoms with Gasteiger partial charge in [-0.05, 0) is 89.9 Å². The van der Waals surface area contributed by atoms with Crippen molar-refractivity contribution in [3.63, 3.8) is 0 Å². The lowest BCUT2D eigenvalue weighted by atomic mass is 10.1.